The van der Waals surface area contributed by atoms with Crippen LogP contribution in [0.4, 0.5) is 0 Å². The average molecular weight is 489 g/mol. The van der Waals surface area contributed by atoms with E-state index in [1.807, 2.05) is 6.20 Å². The van der Waals surface area contributed by atoms with E-state index in [1.165, 1.54) is 44.0 Å². The zero-order valence-corrected chi connectivity index (χ0v) is 20.8. The van der Waals surface area contributed by atoms with Crippen LogP contribution < -0.4 is 0 Å². The van der Waals surface area contributed by atoms with Crippen LogP contribution in [-0.2, 0) is 0 Å². The summed E-state index contributed by atoms with van der Waals surface area (Å²) in [6.07, 6.45) is 12.4. The average Bonchev–Trinajstić information content (AvgIpc) is 3.51. The number of benzene rings is 4. The predicted octanol–water partition coefficient (Wildman–Crippen LogP) is 8.54. The minimum atomic E-state index is 0.924. The molecule has 1 aliphatic carbocycles. The molecule has 3 aromatic heterocycles. The molecule has 0 bridgehead atoms. The fourth-order valence-electron chi connectivity index (χ4n) is 6.06. The Kier molecular flexibility index (Phi) is 4.61. The van der Waals surface area contributed by atoms with Crippen LogP contribution in [0, 0.1) is 0 Å². The van der Waals surface area contributed by atoms with Crippen LogP contribution in [0.3, 0.4) is 0 Å². The zero-order chi connectivity index (χ0) is 25.1. The van der Waals surface area contributed by atoms with Gasteiger partial charge in [-0.2, -0.15) is 0 Å². The molecule has 8 rings (SSSR count). The SMILES string of the molecule is C1=CCCC(n2c3ccc(-c4ccccc4)cc3c3ccc4c(c5cncnc5n4-c4ccccc4)c32)=C1. The summed E-state index contributed by atoms with van der Waals surface area (Å²) in [7, 11) is 0. The molecule has 180 valence electrons. The van der Waals surface area contributed by atoms with E-state index < -0.39 is 0 Å². The van der Waals surface area contributed by atoms with Crippen LogP contribution in [0.5, 0.6) is 0 Å². The fraction of sp³-hybridized carbons (Fsp3) is 0.0588. The molecule has 0 amide bonds. The second kappa shape index (κ2) is 8.29. The van der Waals surface area contributed by atoms with Crippen LogP contribution in [0.1, 0.15) is 12.8 Å². The van der Waals surface area contributed by atoms with Crippen molar-refractivity contribution < 1.29 is 0 Å². The van der Waals surface area contributed by atoms with Crippen molar-refractivity contribution in [2.75, 3.05) is 0 Å². The van der Waals surface area contributed by atoms with E-state index in [4.69, 9.17) is 4.98 Å². The number of rotatable bonds is 3. The van der Waals surface area contributed by atoms with Gasteiger partial charge in [-0.15, -0.1) is 0 Å². The summed E-state index contributed by atoms with van der Waals surface area (Å²) in [5, 5.41) is 4.76. The minimum Gasteiger partial charge on any atom is -0.312 e. The summed E-state index contributed by atoms with van der Waals surface area (Å²) in [4.78, 5) is 9.24. The maximum atomic E-state index is 4.77. The van der Waals surface area contributed by atoms with Crippen molar-refractivity contribution in [3.05, 3.63) is 122 Å². The summed E-state index contributed by atoms with van der Waals surface area (Å²) < 4.78 is 4.74. The first-order valence-electron chi connectivity index (χ1n) is 13.1. The number of hydrogen-bond acceptors (Lipinski definition) is 2. The Balaban J connectivity index is 1.56. The molecule has 0 radical (unpaired) electrons. The maximum absolute atomic E-state index is 4.77. The van der Waals surface area contributed by atoms with Crippen molar-refractivity contribution in [2.24, 2.45) is 0 Å². The Bertz CT molecular complexity index is 2060. The van der Waals surface area contributed by atoms with Crippen molar-refractivity contribution >= 4 is 49.4 Å². The van der Waals surface area contributed by atoms with Crippen molar-refractivity contribution in [1.82, 2.24) is 19.1 Å². The molecule has 1 aliphatic rings. The number of nitrogens with zero attached hydrogens (tertiary/aromatic N) is 4. The molecule has 0 N–H and O–H groups in total. The summed E-state index contributed by atoms with van der Waals surface area (Å²) in [5.74, 6) is 0. The van der Waals surface area contributed by atoms with Gasteiger partial charge in [0.1, 0.15) is 12.0 Å². The highest BCUT2D eigenvalue weighted by Crippen LogP contribution is 2.42. The third kappa shape index (κ3) is 3.04. The quantitative estimate of drug-likeness (QED) is 0.250. The van der Waals surface area contributed by atoms with Crippen LogP contribution in [0.15, 0.2) is 122 Å². The van der Waals surface area contributed by atoms with Crippen LogP contribution in [0.2, 0.25) is 0 Å². The van der Waals surface area contributed by atoms with E-state index in [9.17, 15) is 0 Å². The molecule has 0 fully saturated rings. The summed E-state index contributed by atoms with van der Waals surface area (Å²) in [5.41, 5.74) is 9.37. The van der Waals surface area contributed by atoms with E-state index in [2.05, 4.69) is 123 Å². The molecule has 4 aromatic carbocycles. The number of fused-ring (bicyclic) bond motifs is 7. The lowest BCUT2D eigenvalue weighted by atomic mass is 10.0. The van der Waals surface area contributed by atoms with Gasteiger partial charge in [-0.05, 0) is 60.4 Å². The number of allylic oxidation sites excluding steroid dienone is 4. The molecule has 3 heterocycles. The molecule has 0 saturated carbocycles. The van der Waals surface area contributed by atoms with Crippen molar-refractivity contribution in [3.63, 3.8) is 0 Å². The van der Waals surface area contributed by atoms with E-state index in [0.717, 1.165) is 35.1 Å². The Hall–Kier alpha value is -4.96. The summed E-state index contributed by atoms with van der Waals surface area (Å²) in [6, 6.07) is 32.5. The van der Waals surface area contributed by atoms with Crippen LogP contribution in [0.25, 0.3) is 66.3 Å². The Morgan fingerprint density at radius 3 is 2.32 bits per heavy atom. The smallest absolute Gasteiger partial charge is 0.149 e. The second-order valence-corrected chi connectivity index (χ2v) is 9.85. The summed E-state index contributed by atoms with van der Waals surface area (Å²) >= 11 is 0. The highest BCUT2D eigenvalue weighted by atomic mass is 15.1. The van der Waals surface area contributed by atoms with Gasteiger partial charge in [0.25, 0.3) is 0 Å². The normalized spacial score (nSPS) is 13.6. The molecule has 0 aliphatic heterocycles. The molecule has 0 atom stereocenters. The highest BCUT2D eigenvalue weighted by molar-refractivity contribution is 6.26. The Labute approximate surface area is 219 Å². The molecule has 4 nitrogen and oxygen atoms in total. The standard InChI is InChI=1S/C34H24N4/c1-4-10-23(11-5-1)24-16-18-30-28(20-24)27-17-19-31-32(33(27)37(30)25-12-6-2-7-13-25)29-21-35-22-36-34(29)38(31)26-14-8-3-9-15-26/h1-6,8-12,14-22H,7,13H2. The topological polar surface area (TPSA) is 35.6 Å². The van der Waals surface area contributed by atoms with E-state index in [-0.39, 0.29) is 0 Å². The first kappa shape index (κ1) is 21.2. The first-order chi connectivity index (χ1) is 18.9. The van der Waals surface area contributed by atoms with Crippen molar-refractivity contribution in [1.29, 1.82) is 0 Å². The molecule has 7 aromatic rings. The van der Waals surface area contributed by atoms with Crippen molar-refractivity contribution in [3.8, 4) is 16.8 Å². The predicted molar refractivity (Wildman–Crippen MR) is 157 cm³/mol. The monoisotopic (exact) mass is 488 g/mol. The minimum absolute atomic E-state index is 0.924. The van der Waals surface area contributed by atoms with Gasteiger partial charge in [0.15, 0.2) is 0 Å². The molecule has 0 spiro atoms. The number of para-hydroxylation sites is 1. The number of hydrogen-bond donors (Lipinski definition) is 0. The van der Waals surface area contributed by atoms with Gasteiger partial charge in [0.05, 0.1) is 16.6 Å². The van der Waals surface area contributed by atoms with Gasteiger partial charge in [0.2, 0.25) is 0 Å². The molecule has 4 heteroatoms. The molecular formula is C34H24N4. The van der Waals surface area contributed by atoms with Gasteiger partial charge >= 0.3 is 0 Å². The lowest BCUT2D eigenvalue weighted by molar-refractivity contribution is 0.980. The Morgan fingerprint density at radius 1 is 0.684 bits per heavy atom. The lowest BCUT2D eigenvalue weighted by Gasteiger charge is -2.15. The lowest BCUT2D eigenvalue weighted by Crippen LogP contribution is -1.99. The van der Waals surface area contributed by atoms with E-state index in [1.54, 1.807) is 6.33 Å². The van der Waals surface area contributed by atoms with E-state index in [0.29, 0.717) is 0 Å². The summed E-state index contributed by atoms with van der Waals surface area (Å²) in [6.45, 7) is 0. The van der Waals surface area contributed by atoms with E-state index >= 15 is 0 Å². The first-order valence-corrected chi connectivity index (χ1v) is 13.1. The van der Waals surface area contributed by atoms with Crippen LogP contribution in [-0.4, -0.2) is 19.1 Å². The molecule has 0 saturated heterocycles. The second-order valence-electron chi connectivity index (χ2n) is 9.85. The Morgan fingerprint density at radius 2 is 1.50 bits per heavy atom. The van der Waals surface area contributed by atoms with Crippen LogP contribution >= 0.6 is 0 Å². The van der Waals surface area contributed by atoms with Gasteiger partial charge in [0, 0.05) is 39.1 Å². The van der Waals surface area contributed by atoms with Gasteiger partial charge < -0.3 is 4.57 Å². The third-order valence-corrected chi connectivity index (χ3v) is 7.72. The fourth-order valence-corrected chi connectivity index (χ4v) is 6.06. The third-order valence-electron chi connectivity index (χ3n) is 7.72. The number of aromatic nitrogens is 4. The van der Waals surface area contributed by atoms with Gasteiger partial charge in [-0.1, -0.05) is 72.8 Å². The van der Waals surface area contributed by atoms with Crippen molar-refractivity contribution in [2.45, 2.75) is 12.8 Å². The maximum Gasteiger partial charge on any atom is 0.149 e. The zero-order valence-electron chi connectivity index (χ0n) is 20.8. The molecule has 0 unspecified atom stereocenters. The van der Waals surface area contributed by atoms with Gasteiger partial charge in [-0.3, -0.25) is 4.57 Å². The molecule has 38 heavy (non-hydrogen) atoms. The highest BCUT2D eigenvalue weighted by Gasteiger charge is 2.22. The largest absolute Gasteiger partial charge is 0.312 e. The molecular weight excluding hydrogens is 464 g/mol. The van der Waals surface area contributed by atoms with Gasteiger partial charge in [-0.25, -0.2) is 9.97 Å².